The molecule has 1 aromatic heterocycles. The van der Waals surface area contributed by atoms with Gasteiger partial charge in [-0.05, 0) is 31.0 Å². The largest absolute Gasteiger partial charge is 0.495 e. The third kappa shape index (κ3) is 2.68. The highest BCUT2D eigenvalue weighted by Crippen LogP contribution is 2.34. The van der Waals surface area contributed by atoms with Crippen molar-refractivity contribution < 1.29 is 9.53 Å². The van der Waals surface area contributed by atoms with E-state index in [0.717, 1.165) is 24.9 Å². The van der Waals surface area contributed by atoms with E-state index >= 15 is 0 Å². The number of hydrogen-bond donors (Lipinski definition) is 0. The van der Waals surface area contributed by atoms with E-state index < -0.39 is 0 Å². The summed E-state index contributed by atoms with van der Waals surface area (Å²) < 4.78 is 6.96. The Morgan fingerprint density at radius 3 is 2.95 bits per heavy atom. The molecule has 5 nitrogen and oxygen atoms in total. The Labute approximate surface area is 134 Å². The zero-order valence-corrected chi connectivity index (χ0v) is 13.4. The molecule has 1 saturated heterocycles. The smallest absolute Gasteiger partial charge is 0.254 e. The number of carbonyl (C=O) groups excluding carboxylic acids is 1. The Kier molecular flexibility index (Phi) is 4.07. The fraction of sp³-hybridized carbons (Fsp3) is 0.375. The van der Waals surface area contributed by atoms with Crippen molar-refractivity contribution in [2.24, 2.45) is 7.05 Å². The van der Waals surface area contributed by atoms with Gasteiger partial charge in [0.25, 0.3) is 5.91 Å². The Bertz CT molecular complexity index is 698. The molecular formula is C16H18ClN3O2. The molecule has 2 heterocycles. The lowest BCUT2D eigenvalue weighted by atomic mass is 10.1. The third-order valence-corrected chi connectivity index (χ3v) is 4.33. The summed E-state index contributed by atoms with van der Waals surface area (Å²) in [7, 11) is 3.43. The van der Waals surface area contributed by atoms with Crippen LogP contribution in [0.25, 0.3) is 0 Å². The maximum absolute atomic E-state index is 12.8. The summed E-state index contributed by atoms with van der Waals surface area (Å²) in [6.07, 6.45) is 5.76. The molecule has 0 spiro atoms. The number of aromatic nitrogens is 2. The third-order valence-electron chi connectivity index (χ3n) is 4.02. The highest BCUT2D eigenvalue weighted by Gasteiger charge is 2.31. The molecule has 116 valence electrons. The van der Waals surface area contributed by atoms with Gasteiger partial charge in [0, 0.05) is 30.9 Å². The van der Waals surface area contributed by atoms with Crippen molar-refractivity contribution in [3.8, 4) is 5.75 Å². The number of ether oxygens (including phenoxy) is 1. The maximum atomic E-state index is 12.8. The monoisotopic (exact) mass is 319 g/mol. The predicted molar refractivity (Wildman–Crippen MR) is 84.2 cm³/mol. The van der Waals surface area contributed by atoms with Crippen LogP contribution < -0.4 is 4.74 Å². The first-order valence-corrected chi connectivity index (χ1v) is 7.61. The Balaban J connectivity index is 1.87. The van der Waals surface area contributed by atoms with Gasteiger partial charge in [0.2, 0.25) is 0 Å². The number of carbonyl (C=O) groups is 1. The van der Waals surface area contributed by atoms with Crippen LogP contribution in [-0.2, 0) is 7.05 Å². The van der Waals surface area contributed by atoms with Crippen molar-refractivity contribution in [1.29, 1.82) is 0 Å². The molecule has 6 heteroatoms. The van der Waals surface area contributed by atoms with E-state index in [1.807, 2.05) is 24.3 Å². The van der Waals surface area contributed by atoms with E-state index in [9.17, 15) is 4.79 Å². The molecule has 0 saturated carbocycles. The highest BCUT2D eigenvalue weighted by atomic mass is 35.5. The van der Waals surface area contributed by atoms with Gasteiger partial charge in [-0.25, -0.2) is 0 Å². The topological polar surface area (TPSA) is 47.4 Å². The zero-order chi connectivity index (χ0) is 15.7. The molecule has 0 unspecified atom stereocenters. The van der Waals surface area contributed by atoms with Crippen LogP contribution in [0.3, 0.4) is 0 Å². The van der Waals surface area contributed by atoms with Crippen molar-refractivity contribution in [3.63, 3.8) is 0 Å². The number of amides is 1. The van der Waals surface area contributed by atoms with Crippen molar-refractivity contribution in [2.75, 3.05) is 13.7 Å². The van der Waals surface area contributed by atoms with Crippen LogP contribution in [0.1, 0.15) is 34.8 Å². The molecule has 1 aliphatic rings. The van der Waals surface area contributed by atoms with Crippen molar-refractivity contribution in [3.05, 3.63) is 46.7 Å². The predicted octanol–water partition coefficient (Wildman–Crippen LogP) is 3.06. The molecule has 1 fully saturated rings. The summed E-state index contributed by atoms with van der Waals surface area (Å²) in [5.41, 5.74) is 1.67. The number of aryl methyl sites for hydroxylation is 1. The molecule has 0 radical (unpaired) electrons. The lowest BCUT2D eigenvalue weighted by Gasteiger charge is -2.24. The molecule has 1 atom stereocenters. The molecule has 0 aliphatic carbocycles. The quantitative estimate of drug-likeness (QED) is 0.873. The second-order valence-corrected chi connectivity index (χ2v) is 5.86. The van der Waals surface area contributed by atoms with Crippen LogP contribution in [0.5, 0.6) is 5.75 Å². The van der Waals surface area contributed by atoms with Crippen LogP contribution in [-0.4, -0.2) is 34.2 Å². The lowest BCUT2D eigenvalue weighted by Crippen LogP contribution is -2.30. The minimum atomic E-state index is 0.00122. The van der Waals surface area contributed by atoms with E-state index in [-0.39, 0.29) is 11.9 Å². The highest BCUT2D eigenvalue weighted by molar-refractivity contribution is 6.32. The van der Waals surface area contributed by atoms with Gasteiger partial charge >= 0.3 is 0 Å². The number of rotatable bonds is 3. The number of benzene rings is 1. The molecule has 3 rings (SSSR count). The second-order valence-electron chi connectivity index (χ2n) is 5.45. The summed E-state index contributed by atoms with van der Waals surface area (Å²) in [5.74, 6) is 0.519. The number of halogens is 1. The van der Waals surface area contributed by atoms with Crippen LogP contribution in [0.2, 0.25) is 5.02 Å². The van der Waals surface area contributed by atoms with Gasteiger partial charge in [-0.2, -0.15) is 5.10 Å². The summed E-state index contributed by atoms with van der Waals surface area (Å²) in [5, 5.41) is 4.71. The molecule has 1 amide bonds. The lowest BCUT2D eigenvalue weighted by molar-refractivity contribution is 0.0735. The second kappa shape index (κ2) is 6.01. The molecule has 0 bridgehead atoms. The average Bonchev–Trinajstić information content (AvgIpc) is 3.15. The Morgan fingerprint density at radius 1 is 1.45 bits per heavy atom. The standard InChI is InChI=1S/C16H18ClN3O2/c1-19-10-12(9-18-19)14-4-3-7-20(14)16(21)11-5-6-13(17)15(8-11)22-2/h5-6,8-10,14H,3-4,7H2,1-2H3/t14-/m0/s1. The van der Waals surface area contributed by atoms with Gasteiger partial charge in [0.05, 0.1) is 24.4 Å². The number of methoxy groups -OCH3 is 1. The molecule has 1 aromatic carbocycles. The van der Waals surface area contributed by atoms with Crippen LogP contribution in [0.15, 0.2) is 30.6 Å². The Morgan fingerprint density at radius 2 is 2.27 bits per heavy atom. The van der Waals surface area contributed by atoms with Crippen molar-refractivity contribution in [1.82, 2.24) is 14.7 Å². The van der Waals surface area contributed by atoms with E-state index in [4.69, 9.17) is 16.3 Å². The first-order valence-electron chi connectivity index (χ1n) is 7.23. The van der Waals surface area contributed by atoms with Gasteiger partial charge in [-0.1, -0.05) is 11.6 Å². The molecule has 2 aromatic rings. The molecular weight excluding hydrogens is 302 g/mol. The summed E-state index contributed by atoms with van der Waals surface area (Å²) in [4.78, 5) is 14.7. The summed E-state index contributed by atoms with van der Waals surface area (Å²) in [6, 6.07) is 5.22. The normalized spacial score (nSPS) is 17.8. The minimum absolute atomic E-state index is 0.00122. The van der Waals surface area contributed by atoms with Crippen LogP contribution >= 0.6 is 11.6 Å². The van der Waals surface area contributed by atoms with E-state index in [1.54, 1.807) is 30.0 Å². The first kappa shape index (κ1) is 14.9. The summed E-state index contributed by atoms with van der Waals surface area (Å²) >= 11 is 6.03. The van der Waals surface area contributed by atoms with Gasteiger partial charge < -0.3 is 9.64 Å². The van der Waals surface area contributed by atoms with Gasteiger partial charge in [-0.15, -0.1) is 0 Å². The number of hydrogen-bond acceptors (Lipinski definition) is 3. The minimum Gasteiger partial charge on any atom is -0.495 e. The molecule has 1 aliphatic heterocycles. The van der Waals surface area contributed by atoms with Gasteiger partial charge in [0.1, 0.15) is 5.75 Å². The van der Waals surface area contributed by atoms with Gasteiger partial charge in [0.15, 0.2) is 0 Å². The molecule has 0 N–H and O–H groups in total. The molecule has 22 heavy (non-hydrogen) atoms. The van der Waals surface area contributed by atoms with Crippen molar-refractivity contribution in [2.45, 2.75) is 18.9 Å². The van der Waals surface area contributed by atoms with Crippen molar-refractivity contribution >= 4 is 17.5 Å². The maximum Gasteiger partial charge on any atom is 0.254 e. The average molecular weight is 320 g/mol. The first-order chi connectivity index (χ1) is 10.6. The van der Waals surface area contributed by atoms with E-state index in [0.29, 0.717) is 16.3 Å². The number of nitrogens with zero attached hydrogens (tertiary/aromatic N) is 3. The van der Waals surface area contributed by atoms with E-state index in [1.165, 1.54) is 0 Å². The van der Waals surface area contributed by atoms with Crippen LogP contribution in [0, 0.1) is 0 Å². The Hall–Kier alpha value is -2.01. The summed E-state index contributed by atoms with van der Waals surface area (Å²) in [6.45, 7) is 0.753. The SMILES string of the molecule is COc1cc(C(=O)N2CCC[C@H]2c2cnn(C)c2)ccc1Cl. The van der Waals surface area contributed by atoms with E-state index in [2.05, 4.69) is 5.10 Å². The zero-order valence-electron chi connectivity index (χ0n) is 12.6. The fourth-order valence-electron chi connectivity index (χ4n) is 2.93. The fourth-order valence-corrected chi connectivity index (χ4v) is 3.12. The number of likely N-dealkylation sites (tertiary alicyclic amines) is 1. The van der Waals surface area contributed by atoms with Crippen LogP contribution in [0.4, 0.5) is 0 Å². The van der Waals surface area contributed by atoms with Gasteiger partial charge in [-0.3, -0.25) is 9.48 Å².